The van der Waals surface area contributed by atoms with Gasteiger partial charge in [-0.2, -0.15) is 0 Å². The van der Waals surface area contributed by atoms with Crippen LogP contribution in [0.4, 0.5) is 4.39 Å². The molecule has 2 aromatic rings. The monoisotopic (exact) mass is 386 g/mol. The number of nitrogens with one attached hydrogen (secondary N) is 1. The Bertz CT molecular complexity index is 911. The SMILES string of the molecule is CNC(=O)c1cccc(C(c2ccc(F)cc2)N(C)C(=O)CC(=O)C(=O)O)c1. The summed E-state index contributed by atoms with van der Waals surface area (Å²) < 4.78 is 13.3. The van der Waals surface area contributed by atoms with Crippen molar-refractivity contribution in [1.82, 2.24) is 10.2 Å². The summed E-state index contributed by atoms with van der Waals surface area (Å²) in [5, 5.41) is 11.2. The first kappa shape index (κ1) is 20.8. The maximum atomic E-state index is 13.3. The molecule has 146 valence electrons. The second-order valence-electron chi connectivity index (χ2n) is 6.07. The van der Waals surface area contributed by atoms with Gasteiger partial charge in [-0.25, -0.2) is 9.18 Å². The van der Waals surface area contributed by atoms with E-state index in [0.717, 1.165) is 0 Å². The van der Waals surface area contributed by atoms with Crippen LogP contribution in [0.15, 0.2) is 48.5 Å². The van der Waals surface area contributed by atoms with Crippen LogP contribution in [-0.4, -0.2) is 47.7 Å². The highest BCUT2D eigenvalue weighted by Gasteiger charge is 2.27. The second kappa shape index (κ2) is 8.90. The number of carbonyl (C=O) groups is 4. The summed E-state index contributed by atoms with van der Waals surface area (Å²) in [6.45, 7) is 0. The summed E-state index contributed by atoms with van der Waals surface area (Å²) >= 11 is 0. The van der Waals surface area contributed by atoms with E-state index in [9.17, 15) is 23.6 Å². The van der Waals surface area contributed by atoms with E-state index < -0.39 is 35.9 Å². The molecule has 2 amide bonds. The summed E-state index contributed by atoms with van der Waals surface area (Å²) in [5.41, 5.74) is 1.44. The molecule has 0 fully saturated rings. The number of hydrogen-bond donors (Lipinski definition) is 2. The van der Waals surface area contributed by atoms with Crippen LogP contribution in [0.25, 0.3) is 0 Å². The van der Waals surface area contributed by atoms with Gasteiger partial charge in [0.25, 0.3) is 5.91 Å². The van der Waals surface area contributed by atoms with Crippen molar-refractivity contribution >= 4 is 23.6 Å². The van der Waals surface area contributed by atoms with Crippen LogP contribution in [0, 0.1) is 5.82 Å². The number of ketones is 1. The molecule has 0 aromatic heterocycles. The van der Waals surface area contributed by atoms with Crippen LogP contribution >= 0.6 is 0 Å². The van der Waals surface area contributed by atoms with E-state index in [1.165, 1.54) is 43.3 Å². The third-order valence-electron chi connectivity index (χ3n) is 4.21. The van der Waals surface area contributed by atoms with E-state index in [0.29, 0.717) is 16.7 Å². The van der Waals surface area contributed by atoms with Crippen molar-refractivity contribution in [3.05, 3.63) is 71.0 Å². The highest BCUT2D eigenvalue weighted by atomic mass is 19.1. The second-order valence-corrected chi connectivity index (χ2v) is 6.07. The molecule has 2 aromatic carbocycles. The van der Waals surface area contributed by atoms with Gasteiger partial charge in [0.2, 0.25) is 11.7 Å². The molecule has 0 spiro atoms. The summed E-state index contributed by atoms with van der Waals surface area (Å²) in [6.07, 6.45) is -0.807. The smallest absolute Gasteiger partial charge is 0.372 e. The number of Topliss-reactive ketones (excluding diaryl/α,β-unsaturated/α-hetero) is 1. The van der Waals surface area contributed by atoms with Gasteiger partial charge in [-0.15, -0.1) is 0 Å². The first-order valence-electron chi connectivity index (χ1n) is 8.34. The van der Waals surface area contributed by atoms with E-state index in [2.05, 4.69) is 5.32 Å². The Hall–Kier alpha value is -3.55. The van der Waals surface area contributed by atoms with Gasteiger partial charge in [0.05, 0.1) is 12.5 Å². The first-order chi connectivity index (χ1) is 13.2. The number of nitrogens with zero attached hydrogens (tertiary/aromatic N) is 1. The molecule has 0 heterocycles. The predicted molar refractivity (Wildman–Crippen MR) is 98.1 cm³/mol. The Morgan fingerprint density at radius 3 is 2.29 bits per heavy atom. The molecule has 0 radical (unpaired) electrons. The molecule has 0 bridgehead atoms. The fourth-order valence-corrected chi connectivity index (χ4v) is 2.76. The predicted octanol–water partition coefficient (Wildman–Crippen LogP) is 1.78. The Morgan fingerprint density at radius 2 is 1.71 bits per heavy atom. The molecule has 1 unspecified atom stereocenters. The van der Waals surface area contributed by atoms with Gasteiger partial charge in [-0.3, -0.25) is 14.4 Å². The van der Waals surface area contributed by atoms with Crippen molar-refractivity contribution in [1.29, 1.82) is 0 Å². The van der Waals surface area contributed by atoms with Gasteiger partial charge in [0.1, 0.15) is 5.82 Å². The van der Waals surface area contributed by atoms with Crippen molar-refractivity contribution in [3.63, 3.8) is 0 Å². The van der Waals surface area contributed by atoms with E-state index in [1.807, 2.05) is 0 Å². The summed E-state index contributed by atoms with van der Waals surface area (Å²) in [6, 6.07) is 11.2. The number of aliphatic carboxylic acids is 1. The maximum Gasteiger partial charge on any atom is 0.372 e. The quantitative estimate of drug-likeness (QED) is 0.558. The van der Waals surface area contributed by atoms with Gasteiger partial charge in [-0.1, -0.05) is 24.3 Å². The summed E-state index contributed by atoms with van der Waals surface area (Å²) in [4.78, 5) is 47.8. The molecule has 0 saturated carbocycles. The lowest BCUT2D eigenvalue weighted by atomic mass is 9.95. The number of carboxylic acid groups (broad SMARTS) is 1. The molecule has 2 rings (SSSR count). The van der Waals surface area contributed by atoms with Crippen LogP contribution in [0.2, 0.25) is 0 Å². The van der Waals surface area contributed by atoms with Crippen molar-refractivity contribution in [2.75, 3.05) is 14.1 Å². The van der Waals surface area contributed by atoms with Gasteiger partial charge in [0, 0.05) is 19.7 Å². The number of carbonyl (C=O) groups excluding carboxylic acids is 3. The van der Waals surface area contributed by atoms with Crippen molar-refractivity contribution in [2.24, 2.45) is 0 Å². The molecule has 0 aliphatic carbocycles. The molecule has 28 heavy (non-hydrogen) atoms. The summed E-state index contributed by atoms with van der Waals surface area (Å²) in [7, 11) is 2.90. The maximum absolute atomic E-state index is 13.3. The number of halogens is 1. The van der Waals surface area contributed by atoms with E-state index in [-0.39, 0.29) is 5.91 Å². The van der Waals surface area contributed by atoms with E-state index in [1.54, 1.807) is 24.3 Å². The third kappa shape index (κ3) is 4.79. The number of hydrogen-bond acceptors (Lipinski definition) is 4. The fourth-order valence-electron chi connectivity index (χ4n) is 2.76. The average molecular weight is 386 g/mol. The molecule has 7 nitrogen and oxygen atoms in total. The zero-order chi connectivity index (χ0) is 20.8. The molecule has 8 heteroatoms. The van der Waals surface area contributed by atoms with Crippen molar-refractivity contribution < 1.29 is 28.7 Å². The zero-order valence-electron chi connectivity index (χ0n) is 15.3. The Labute approximate surface area is 160 Å². The minimum Gasteiger partial charge on any atom is -0.475 e. The molecule has 0 saturated heterocycles. The van der Waals surface area contributed by atoms with Gasteiger partial charge < -0.3 is 15.3 Å². The molecule has 2 N–H and O–H groups in total. The standard InChI is InChI=1S/C20H19FN2O5/c1-22-19(26)14-5-3-4-13(10-14)18(12-6-8-15(21)9-7-12)23(2)17(25)11-16(24)20(27)28/h3-10,18H,11H2,1-2H3,(H,22,26)(H,27,28). The lowest BCUT2D eigenvalue weighted by Crippen LogP contribution is -2.34. The van der Waals surface area contributed by atoms with Crippen LogP contribution in [0.1, 0.15) is 33.9 Å². The highest BCUT2D eigenvalue weighted by Crippen LogP contribution is 2.29. The van der Waals surface area contributed by atoms with Crippen LogP contribution < -0.4 is 5.32 Å². The third-order valence-corrected chi connectivity index (χ3v) is 4.21. The Morgan fingerprint density at radius 1 is 1.07 bits per heavy atom. The Balaban J connectivity index is 2.47. The molecule has 0 aliphatic heterocycles. The lowest BCUT2D eigenvalue weighted by Gasteiger charge is -2.29. The molecular formula is C20H19FN2O5. The molecular weight excluding hydrogens is 367 g/mol. The van der Waals surface area contributed by atoms with E-state index in [4.69, 9.17) is 5.11 Å². The zero-order valence-corrected chi connectivity index (χ0v) is 15.3. The van der Waals surface area contributed by atoms with Crippen molar-refractivity contribution in [3.8, 4) is 0 Å². The van der Waals surface area contributed by atoms with Crippen LogP contribution in [-0.2, 0) is 14.4 Å². The minimum atomic E-state index is -1.69. The van der Waals surface area contributed by atoms with Gasteiger partial charge in [-0.05, 0) is 35.4 Å². The lowest BCUT2D eigenvalue weighted by molar-refractivity contribution is -0.151. The van der Waals surface area contributed by atoms with E-state index >= 15 is 0 Å². The van der Waals surface area contributed by atoms with Gasteiger partial charge in [0.15, 0.2) is 0 Å². The topological polar surface area (TPSA) is 104 Å². The number of rotatable bonds is 7. The number of carboxylic acids is 1. The normalized spacial score (nSPS) is 11.4. The number of benzene rings is 2. The van der Waals surface area contributed by atoms with Crippen LogP contribution in [0.3, 0.4) is 0 Å². The Kier molecular flexibility index (Phi) is 6.59. The van der Waals surface area contributed by atoms with Gasteiger partial charge >= 0.3 is 5.97 Å². The highest BCUT2D eigenvalue weighted by molar-refractivity contribution is 6.36. The largest absolute Gasteiger partial charge is 0.475 e. The molecule has 1 atom stereocenters. The fraction of sp³-hybridized carbons (Fsp3) is 0.200. The first-order valence-corrected chi connectivity index (χ1v) is 8.34. The molecule has 0 aliphatic rings. The minimum absolute atomic E-state index is 0.324. The van der Waals surface area contributed by atoms with Crippen LogP contribution in [0.5, 0.6) is 0 Å². The average Bonchev–Trinajstić information content (AvgIpc) is 2.69. The number of amides is 2. The summed E-state index contributed by atoms with van der Waals surface area (Å²) in [5.74, 6) is -4.42. The van der Waals surface area contributed by atoms with Crippen molar-refractivity contribution in [2.45, 2.75) is 12.5 Å².